The number of nitrogens with one attached hydrogen (secondary N) is 17. The summed E-state index contributed by atoms with van der Waals surface area (Å²) < 4.78 is 0. The summed E-state index contributed by atoms with van der Waals surface area (Å²) in [6, 6.07) is -3.89. The maximum Gasteiger partial charge on any atom is 0.326 e. The zero-order valence-corrected chi connectivity index (χ0v) is 80.8. The number of amides is 12. The van der Waals surface area contributed by atoms with Crippen LogP contribution in [0.4, 0.5) is 0 Å². The van der Waals surface area contributed by atoms with E-state index in [1.54, 1.807) is 74.6 Å². The Hall–Kier alpha value is -12.3. The normalized spacial score (nSPS) is 16.3. The van der Waals surface area contributed by atoms with Crippen molar-refractivity contribution >= 4 is 167 Å². The van der Waals surface area contributed by atoms with Gasteiger partial charge in [-0.3, -0.25) is 112 Å². The number of fused-ring (bicyclic) bond motifs is 1. The number of carbonyl (C=O) groups is 18. The number of carbonyl (C=O) groups excluding carboxylic acids is 12. The number of likely N-dealkylation sites (tertiary alicyclic amines) is 1. The second kappa shape index (κ2) is 60.3. The van der Waals surface area contributed by atoms with Crippen molar-refractivity contribution in [1.82, 2.24) is 109 Å². The first-order valence-corrected chi connectivity index (χ1v) is 45.4. The van der Waals surface area contributed by atoms with Crippen molar-refractivity contribution in [3.05, 3.63) is 90.1 Å². The zero-order chi connectivity index (χ0) is 99.5. The monoisotopic (exact) mass is 2150 g/mol. The van der Waals surface area contributed by atoms with E-state index >= 15 is 19.2 Å². The number of hydrogen-bond donors (Lipinski definition) is 28. The Morgan fingerprint density at radius 1 is 0.453 bits per heavy atom. The van der Waals surface area contributed by atoms with E-state index in [1.165, 1.54) is 37.0 Å². The average molecular weight is 2150 g/mol. The number of guanidine groups is 2. The fraction of sp³-hybridized carbons (Fsp3) is 0.554. The van der Waals surface area contributed by atoms with Gasteiger partial charge in [-0.15, -0.1) is 0 Å². The van der Waals surface area contributed by atoms with E-state index < -0.39 is 267 Å². The molecule has 27 N–H and O–H groups in total. The molecule has 2 aromatic carbocycles. The van der Waals surface area contributed by atoms with Gasteiger partial charge >= 0.3 is 35.8 Å². The molecule has 757 valence electrons. The van der Waals surface area contributed by atoms with Gasteiger partial charge in [-0.2, -0.15) is 37.9 Å². The standard InChI is InChI=1S/C83H123N25O24S3.O.Re/c1-46(2)69(81(131)132)103-79(129)62-17-10-24-108(62)80(130)55(16-9-23-90-83(86)87)96-77(127)60(43-134)101-74(124)57(34-48-36-91-51-14-7-6-13-50(48)51)98-70(120)52(15-8-22-89-82(84)85)94-73(123)56(33-47-11-4-3-5-12-47)97-75(125)58(35-49-37-88-45-92-49)99-72(122)54(19-21-65(112)113)95-76(126)59(42-133)102-78(128)61(44-135)100-71(121)53(18-20-64(110)111)93-63(109)38-104-25-27-105(39-66(114)115)29-31-107(41-68(118)119)32-30-106(28-26-104)40-67(116)117;;/h3-7,11-14,36-37,45-46,52-62,69,91,133-135H,8-10,15-35,38-44H2,1-2H3,(H,88,92)(H,93,109)(H,94,123)(H,95,126)(H,96,127)(H,97,125)(H,98,120)(H,99,122)(H,100,121)(H,101,124)(H,102,128)(H,103,129)(H,110,111)(H,112,113)(H,114,115)(H,116,117)(H,118,119)(H,131,132)(H4,84,85,89)(H4,86,87,90);;/q;-2;/t52-,53-,54-,55-,56-,57-,58-,59-,60-,61-,62-,69-;;/m0../s1. The van der Waals surface area contributed by atoms with Gasteiger partial charge in [0.1, 0.15) is 72.5 Å². The molecule has 0 spiro atoms. The Balaban J connectivity index is 0.0000196. The fourth-order valence-corrected chi connectivity index (χ4v) is 15.6. The largest absolute Gasteiger partial charge is 2.00 e. The maximum atomic E-state index is 15.3. The zero-order valence-electron chi connectivity index (χ0n) is 75.4. The molecular weight excluding hydrogens is 2030 g/mol. The van der Waals surface area contributed by atoms with Gasteiger partial charge < -0.3 is 132 Å². The molecule has 2 fully saturated rings. The second-order valence-electron chi connectivity index (χ2n) is 32.6. The molecule has 50 nitrogen and oxygen atoms in total. The summed E-state index contributed by atoms with van der Waals surface area (Å²) >= 11 is 12.9. The summed E-state index contributed by atoms with van der Waals surface area (Å²) in [5, 5.41) is 108. The molecule has 137 heavy (non-hydrogen) atoms. The smallest absolute Gasteiger partial charge is 0.326 e. The van der Waals surface area contributed by atoms with E-state index in [-0.39, 0.29) is 154 Å². The molecule has 0 unspecified atom stereocenters. The molecule has 0 bridgehead atoms. The van der Waals surface area contributed by atoms with Crippen molar-refractivity contribution in [3.8, 4) is 0 Å². The van der Waals surface area contributed by atoms with Crippen LogP contribution in [0, 0.1) is 16.7 Å². The molecular formula is C83H123N25O25ReS3-2. The number of carboxylic acids is 6. The van der Waals surface area contributed by atoms with Gasteiger partial charge in [-0.05, 0) is 74.5 Å². The molecule has 1 radical (unpaired) electrons. The van der Waals surface area contributed by atoms with Crippen LogP contribution >= 0.6 is 37.9 Å². The van der Waals surface area contributed by atoms with Crippen LogP contribution in [-0.4, -0.2) is 377 Å². The summed E-state index contributed by atoms with van der Waals surface area (Å²) in [5.41, 5.74) is 12.9. The number of imidazole rings is 1. The third-order valence-electron chi connectivity index (χ3n) is 21.9. The van der Waals surface area contributed by atoms with Gasteiger partial charge in [0.05, 0.1) is 32.5 Å². The van der Waals surface area contributed by atoms with Crippen LogP contribution in [0.25, 0.3) is 10.9 Å². The van der Waals surface area contributed by atoms with Gasteiger partial charge in [0.2, 0.25) is 70.9 Å². The van der Waals surface area contributed by atoms with E-state index in [0.29, 0.717) is 28.5 Å². The number of nitrogens with two attached hydrogens (primary N) is 2. The van der Waals surface area contributed by atoms with Crippen LogP contribution < -0.4 is 80.6 Å². The predicted octanol–water partition coefficient (Wildman–Crippen LogP) is -6.62. The van der Waals surface area contributed by atoms with E-state index in [1.807, 2.05) is 0 Å². The van der Waals surface area contributed by atoms with Gasteiger partial charge in [0, 0.05) is 171 Å². The molecule has 0 saturated carbocycles. The minimum Gasteiger partial charge on any atom is -2.00 e. The number of benzene rings is 2. The quantitative estimate of drug-likeness (QED) is 0.00846. The molecule has 6 rings (SSSR count). The summed E-state index contributed by atoms with van der Waals surface area (Å²) in [5.74, 6) is -22.6. The van der Waals surface area contributed by atoms with Crippen LogP contribution in [0.2, 0.25) is 0 Å². The van der Waals surface area contributed by atoms with Crippen molar-refractivity contribution in [2.45, 2.75) is 170 Å². The minimum atomic E-state index is -1.86. The number of H-pyrrole nitrogens is 2. The van der Waals surface area contributed by atoms with Crippen molar-refractivity contribution in [3.63, 3.8) is 0 Å². The third kappa shape index (κ3) is 41.3. The number of rotatable bonds is 55. The van der Waals surface area contributed by atoms with Crippen LogP contribution in [0.5, 0.6) is 0 Å². The Kier molecular flexibility index (Phi) is 51.5. The topological polar surface area (TPSA) is 774 Å². The number of aliphatic carboxylic acids is 6. The molecule has 4 heterocycles. The van der Waals surface area contributed by atoms with Gasteiger partial charge in [-0.1, -0.05) is 62.4 Å². The summed E-state index contributed by atoms with van der Waals surface area (Å²) in [4.78, 5) is 264. The minimum absolute atomic E-state index is 0. The molecule has 2 saturated heterocycles. The Labute approximate surface area is 817 Å². The van der Waals surface area contributed by atoms with E-state index in [4.69, 9.17) is 22.3 Å². The van der Waals surface area contributed by atoms with Gasteiger partial charge in [0.25, 0.3) is 0 Å². The van der Waals surface area contributed by atoms with Crippen molar-refractivity contribution in [1.29, 1.82) is 10.8 Å². The number of carboxylic acid groups (broad SMARTS) is 6. The molecule has 12 amide bonds. The first kappa shape index (κ1) is 117. The SMILES string of the molecule is CC(C)[C@H](NC(=O)[C@@H]1CCCN1C(=O)[C@H](CCCNC(=N)N)NC(=O)[C@H](CS)NC(=O)[C@H](Cc1c[nH]c2ccccc12)NC(=O)[C@H](CCCNC(=N)N)NC(=O)[C@H](Cc1ccccc1)NC(=O)[C@H](Cc1cnc[nH]1)NC(=O)[C@H](CCC(=O)O)NC(=O)[C@H](CS)NC(=O)[C@H](CS)NC(=O)[C@H](CCC(=O)O)NC(=O)CN1CCN(CC(=O)O)CCN(CC(=O)O)CCN(CC(=O)O)CC1)C(=O)O.[O-2].[Re]. The molecule has 54 heteroatoms. The number of thiol groups is 3. The molecule has 2 aromatic heterocycles. The number of aromatic nitrogens is 3. The van der Waals surface area contributed by atoms with E-state index in [2.05, 4.69) is 122 Å². The fourth-order valence-electron chi connectivity index (χ4n) is 14.8. The summed E-state index contributed by atoms with van der Waals surface area (Å²) in [6.45, 7) is 1.63. The van der Waals surface area contributed by atoms with Crippen LogP contribution in [-0.2, 0) is 131 Å². The number of hydrogen-bond acceptors (Lipinski definition) is 28. The molecule has 2 aliphatic heterocycles. The Morgan fingerprint density at radius 3 is 1.25 bits per heavy atom. The summed E-state index contributed by atoms with van der Waals surface area (Å²) in [7, 11) is 0. The molecule has 0 aliphatic carbocycles. The number of aromatic amines is 2. The number of nitrogens with zero attached hydrogens (tertiary/aromatic N) is 6. The molecule has 4 aromatic rings. The second-order valence-corrected chi connectivity index (χ2v) is 33.7. The van der Waals surface area contributed by atoms with Crippen molar-refractivity contribution in [2.24, 2.45) is 17.4 Å². The van der Waals surface area contributed by atoms with E-state index in [0.717, 1.165) is 0 Å². The molecule has 2 aliphatic rings. The third-order valence-corrected chi connectivity index (χ3v) is 23.0. The van der Waals surface area contributed by atoms with Crippen molar-refractivity contribution < 1.29 is 143 Å². The average Bonchev–Trinajstić information content (AvgIpc) is 1.70. The predicted molar refractivity (Wildman–Crippen MR) is 496 cm³/mol. The first-order valence-electron chi connectivity index (χ1n) is 43.6. The van der Waals surface area contributed by atoms with E-state index in [9.17, 15) is 97.8 Å². The van der Waals surface area contributed by atoms with Crippen LogP contribution in [0.15, 0.2) is 73.3 Å². The summed E-state index contributed by atoms with van der Waals surface area (Å²) in [6.07, 6.45) is 0.565. The van der Waals surface area contributed by atoms with Gasteiger partial charge in [-0.25, -0.2) is 9.78 Å². The number of para-hydroxylation sites is 1. The van der Waals surface area contributed by atoms with Crippen molar-refractivity contribution in [2.75, 3.05) is 115 Å². The van der Waals surface area contributed by atoms with Gasteiger partial charge in [0.15, 0.2) is 11.9 Å². The van der Waals surface area contributed by atoms with Crippen LogP contribution in [0.3, 0.4) is 0 Å². The Bertz CT molecular complexity index is 4730. The Morgan fingerprint density at radius 2 is 0.832 bits per heavy atom. The first-order chi connectivity index (χ1) is 64.1. The maximum absolute atomic E-state index is 15.3. The van der Waals surface area contributed by atoms with Crippen LogP contribution in [0.1, 0.15) is 94.9 Å². The molecule has 12 atom stereocenters.